The van der Waals surface area contributed by atoms with Gasteiger partial charge in [-0.15, -0.1) is 0 Å². The molecule has 2 saturated carbocycles. The first-order valence-corrected chi connectivity index (χ1v) is 4.99. The number of hydrogen-bond acceptors (Lipinski definition) is 2. The fraction of sp³-hybridized carbons (Fsp3) is 0.900. The molecule has 0 heterocycles. The van der Waals surface area contributed by atoms with Crippen LogP contribution in [0.2, 0.25) is 0 Å². The molecule has 0 aliphatic heterocycles. The Bertz CT molecular complexity index is 210. The third kappa shape index (κ3) is 1.34. The van der Waals surface area contributed by atoms with Crippen molar-refractivity contribution in [3.05, 3.63) is 0 Å². The minimum Gasteiger partial charge on any atom is -0.296 e. The molecule has 2 heteroatoms. The minimum atomic E-state index is -0.166. The fourth-order valence-electron chi connectivity index (χ4n) is 1.88. The quantitative estimate of drug-likeness (QED) is 0.688. The lowest BCUT2D eigenvalue weighted by molar-refractivity contribution is 0.350. The van der Waals surface area contributed by atoms with Crippen molar-refractivity contribution in [2.75, 3.05) is 0 Å². The second-order valence-electron chi connectivity index (χ2n) is 4.13. The van der Waals surface area contributed by atoms with Gasteiger partial charge in [0.15, 0.2) is 0 Å². The molecular formula is C10H16N2. The van der Waals surface area contributed by atoms with Crippen LogP contribution in [0.4, 0.5) is 0 Å². The highest BCUT2D eigenvalue weighted by Crippen LogP contribution is 2.42. The Labute approximate surface area is 74.0 Å². The molecule has 0 aromatic carbocycles. The molecule has 1 unspecified atom stereocenters. The van der Waals surface area contributed by atoms with Crippen LogP contribution in [0.3, 0.4) is 0 Å². The van der Waals surface area contributed by atoms with Crippen LogP contribution in [0.15, 0.2) is 0 Å². The van der Waals surface area contributed by atoms with Crippen LogP contribution in [0, 0.1) is 17.2 Å². The molecule has 2 aliphatic rings. The topological polar surface area (TPSA) is 35.8 Å². The highest BCUT2D eigenvalue weighted by molar-refractivity contribution is 5.16. The molecule has 2 aliphatic carbocycles. The fourth-order valence-corrected chi connectivity index (χ4v) is 1.88. The second-order valence-corrected chi connectivity index (χ2v) is 4.13. The average Bonchev–Trinajstić information content (AvgIpc) is 2.91. The lowest BCUT2D eigenvalue weighted by atomic mass is 9.92. The summed E-state index contributed by atoms with van der Waals surface area (Å²) >= 11 is 0. The van der Waals surface area contributed by atoms with E-state index < -0.39 is 0 Å². The molecule has 0 amide bonds. The van der Waals surface area contributed by atoms with Gasteiger partial charge in [-0.05, 0) is 38.0 Å². The number of nitrogens with one attached hydrogen (secondary N) is 1. The Morgan fingerprint density at radius 3 is 2.42 bits per heavy atom. The molecule has 0 radical (unpaired) electrons. The van der Waals surface area contributed by atoms with E-state index >= 15 is 0 Å². The SMILES string of the molecule is CCC(C#N)(NC1CC1)C1CC1. The highest BCUT2D eigenvalue weighted by Gasteiger charge is 2.46. The molecule has 0 spiro atoms. The van der Waals surface area contributed by atoms with E-state index in [1.807, 2.05) is 0 Å². The Kier molecular flexibility index (Phi) is 1.84. The zero-order chi connectivity index (χ0) is 8.60. The highest BCUT2D eigenvalue weighted by atomic mass is 15.1. The van der Waals surface area contributed by atoms with Gasteiger partial charge in [0, 0.05) is 6.04 Å². The van der Waals surface area contributed by atoms with Crippen molar-refractivity contribution >= 4 is 0 Å². The molecule has 0 bridgehead atoms. The molecule has 0 aromatic rings. The van der Waals surface area contributed by atoms with Crippen molar-refractivity contribution in [1.82, 2.24) is 5.32 Å². The van der Waals surface area contributed by atoms with Gasteiger partial charge in [-0.3, -0.25) is 5.32 Å². The third-order valence-corrected chi connectivity index (χ3v) is 3.07. The summed E-state index contributed by atoms with van der Waals surface area (Å²) < 4.78 is 0. The maximum Gasteiger partial charge on any atom is 0.109 e. The summed E-state index contributed by atoms with van der Waals surface area (Å²) in [6, 6.07) is 3.14. The van der Waals surface area contributed by atoms with Gasteiger partial charge in [0.1, 0.15) is 5.54 Å². The molecule has 2 nitrogen and oxygen atoms in total. The Morgan fingerprint density at radius 2 is 2.08 bits per heavy atom. The minimum absolute atomic E-state index is 0.166. The van der Waals surface area contributed by atoms with Crippen molar-refractivity contribution in [2.24, 2.45) is 5.92 Å². The molecule has 1 N–H and O–H groups in total. The molecule has 12 heavy (non-hydrogen) atoms. The Hall–Kier alpha value is -0.550. The standard InChI is InChI=1S/C10H16N2/c1-2-10(7-11,8-3-4-8)12-9-5-6-9/h8-9,12H,2-6H2,1H3. The maximum atomic E-state index is 9.15. The Balaban J connectivity index is 2.02. The van der Waals surface area contributed by atoms with Crippen molar-refractivity contribution in [2.45, 2.75) is 50.6 Å². The van der Waals surface area contributed by atoms with Crippen LogP contribution < -0.4 is 5.32 Å². The van der Waals surface area contributed by atoms with Crippen molar-refractivity contribution in [3.63, 3.8) is 0 Å². The van der Waals surface area contributed by atoms with E-state index in [0.29, 0.717) is 12.0 Å². The van der Waals surface area contributed by atoms with Crippen molar-refractivity contribution in [1.29, 1.82) is 5.26 Å². The van der Waals surface area contributed by atoms with E-state index in [2.05, 4.69) is 18.3 Å². The van der Waals surface area contributed by atoms with Crippen LogP contribution in [0.25, 0.3) is 0 Å². The average molecular weight is 164 g/mol. The van der Waals surface area contributed by atoms with E-state index in [1.165, 1.54) is 25.7 Å². The van der Waals surface area contributed by atoms with Gasteiger partial charge in [0.25, 0.3) is 0 Å². The van der Waals surface area contributed by atoms with Gasteiger partial charge in [-0.2, -0.15) is 5.26 Å². The van der Waals surface area contributed by atoms with Crippen LogP contribution in [-0.4, -0.2) is 11.6 Å². The van der Waals surface area contributed by atoms with Gasteiger partial charge in [0.2, 0.25) is 0 Å². The van der Waals surface area contributed by atoms with Crippen molar-refractivity contribution in [3.8, 4) is 6.07 Å². The zero-order valence-electron chi connectivity index (χ0n) is 7.64. The van der Waals surface area contributed by atoms with E-state index in [1.54, 1.807) is 0 Å². The Morgan fingerprint density at radius 1 is 1.42 bits per heavy atom. The largest absolute Gasteiger partial charge is 0.296 e. The maximum absolute atomic E-state index is 9.15. The van der Waals surface area contributed by atoms with E-state index in [9.17, 15) is 0 Å². The number of nitriles is 1. The van der Waals surface area contributed by atoms with Gasteiger partial charge < -0.3 is 0 Å². The number of nitrogens with zero attached hydrogens (tertiary/aromatic N) is 1. The molecule has 2 fully saturated rings. The summed E-state index contributed by atoms with van der Waals surface area (Å²) in [6.07, 6.45) is 6.01. The summed E-state index contributed by atoms with van der Waals surface area (Å²) in [7, 11) is 0. The molecular weight excluding hydrogens is 148 g/mol. The molecule has 66 valence electrons. The van der Waals surface area contributed by atoms with Crippen LogP contribution in [0.5, 0.6) is 0 Å². The summed E-state index contributed by atoms with van der Waals surface area (Å²) in [5, 5.41) is 12.7. The smallest absolute Gasteiger partial charge is 0.109 e. The predicted molar refractivity (Wildman–Crippen MR) is 47.5 cm³/mol. The second kappa shape index (κ2) is 2.74. The summed E-state index contributed by atoms with van der Waals surface area (Å²) in [5.74, 6) is 0.646. The molecule has 0 saturated heterocycles. The summed E-state index contributed by atoms with van der Waals surface area (Å²) in [5.41, 5.74) is -0.166. The van der Waals surface area contributed by atoms with Gasteiger partial charge in [0.05, 0.1) is 6.07 Å². The summed E-state index contributed by atoms with van der Waals surface area (Å²) in [4.78, 5) is 0. The summed E-state index contributed by atoms with van der Waals surface area (Å²) in [6.45, 7) is 2.12. The molecule has 0 aromatic heterocycles. The van der Waals surface area contributed by atoms with Crippen LogP contribution in [-0.2, 0) is 0 Å². The van der Waals surface area contributed by atoms with Gasteiger partial charge in [-0.1, -0.05) is 6.92 Å². The third-order valence-electron chi connectivity index (χ3n) is 3.07. The number of hydrogen-bond donors (Lipinski definition) is 1. The lowest BCUT2D eigenvalue weighted by Crippen LogP contribution is -2.46. The van der Waals surface area contributed by atoms with Gasteiger partial charge >= 0.3 is 0 Å². The number of rotatable bonds is 4. The monoisotopic (exact) mass is 164 g/mol. The van der Waals surface area contributed by atoms with Crippen LogP contribution in [0.1, 0.15) is 39.0 Å². The predicted octanol–water partition coefficient (Wildman–Crippen LogP) is 1.82. The lowest BCUT2D eigenvalue weighted by Gasteiger charge is -2.26. The van der Waals surface area contributed by atoms with E-state index in [0.717, 1.165) is 6.42 Å². The van der Waals surface area contributed by atoms with Crippen molar-refractivity contribution < 1.29 is 0 Å². The zero-order valence-corrected chi connectivity index (χ0v) is 7.64. The first-order valence-electron chi connectivity index (χ1n) is 4.99. The van der Waals surface area contributed by atoms with Crippen LogP contribution >= 0.6 is 0 Å². The van der Waals surface area contributed by atoms with E-state index in [-0.39, 0.29) is 5.54 Å². The normalized spacial score (nSPS) is 27.7. The molecule has 2 rings (SSSR count). The van der Waals surface area contributed by atoms with E-state index in [4.69, 9.17) is 5.26 Å². The first-order chi connectivity index (χ1) is 5.80. The van der Waals surface area contributed by atoms with Gasteiger partial charge in [-0.25, -0.2) is 0 Å². The first kappa shape index (κ1) is 8.07. The molecule has 1 atom stereocenters.